The van der Waals surface area contributed by atoms with Gasteiger partial charge in [0, 0.05) is 33.5 Å². The van der Waals surface area contributed by atoms with E-state index >= 15 is 0 Å². The number of pyridine rings is 1. The molecular formula is C12H7BrClN3O3. The summed E-state index contributed by atoms with van der Waals surface area (Å²) in [5.41, 5.74) is -0.323. The Morgan fingerprint density at radius 2 is 2.20 bits per heavy atom. The minimum absolute atomic E-state index is 0.139. The molecule has 0 amide bonds. The van der Waals surface area contributed by atoms with Crippen molar-refractivity contribution in [2.75, 3.05) is 0 Å². The zero-order valence-corrected chi connectivity index (χ0v) is 12.2. The second kappa shape index (κ2) is 5.98. The molecule has 6 nitrogen and oxygen atoms in total. The lowest BCUT2D eigenvalue weighted by Crippen LogP contribution is -1.92. The summed E-state index contributed by atoms with van der Waals surface area (Å²) < 4.78 is 0.803. The van der Waals surface area contributed by atoms with E-state index in [1.165, 1.54) is 12.3 Å². The molecule has 2 rings (SSSR count). The van der Waals surface area contributed by atoms with Crippen LogP contribution in [0.3, 0.4) is 0 Å². The maximum atomic E-state index is 10.8. The summed E-state index contributed by atoms with van der Waals surface area (Å²) in [6, 6.07) is 5.86. The van der Waals surface area contributed by atoms with E-state index in [1.807, 2.05) is 0 Å². The van der Waals surface area contributed by atoms with Crippen LogP contribution in [0.1, 0.15) is 5.56 Å². The van der Waals surface area contributed by atoms with Crippen molar-refractivity contribution in [1.82, 2.24) is 4.98 Å². The molecule has 0 aliphatic carbocycles. The van der Waals surface area contributed by atoms with Crippen LogP contribution in [0.15, 0.2) is 39.9 Å². The Morgan fingerprint density at radius 1 is 1.45 bits per heavy atom. The van der Waals surface area contributed by atoms with Crippen molar-refractivity contribution in [2.24, 2.45) is 4.99 Å². The molecule has 0 atom stereocenters. The Bertz CT molecular complexity index is 689. The Kier molecular flexibility index (Phi) is 4.31. The van der Waals surface area contributed by atoms with Crippen LogP contribution < -0.4 is 0 Å². The summed E-state index contributed by atoms with van der Waals surface area (Å²) in [6.45, 7) is 0. The third kappa shape index (κ3) is 3.31. The molecule has 0 saturated heterocycles. The van der Waals surface area contributed by atoms with Gasteiger partial charge in [0.25, 0.3) is 0 Å². The molecule has 0 fully saturated rings. The Balaban J connectivity index is 2.38. The van der Waals surface area contributed by atoms with Gasteiger partial charge in [-0.2, -0.15) is 0 Å². The number of hydrogen-bond acceptors (Lipinski definition) is 5. The number of aliphatic imine (C=N–C) groups is 1. The molecular weight excluding hydrogens is 350 g/mol. The minimum atomic E-state index is -0.712. The fourth-order valence-corrected chi connectivity index (χ4v) is 1.88. The van der Waals surface area contributed by atoms with E-state index in [0.29, 0.717) is 5.82 Å². The molecule has 2 aromatic rings. The first-order valence-corrected chi connectivity index (χ1v) is 6.47. The van der Waals surface area contributed by atoms with Gasteiger partial charge in [-0.25, -0.2) is 9.98 Å². The van der Waals surface area contributed by atoms with Gasteiger partial charge in [0.15, 0.2) is 5.82 Å². The number of phenols is 1. The van der Waals surface area contributed by atoms with Gasteiger partial charge in [0.1, 0.15) is 0 Å². The summed E-state index contributed by atoms with van der Waals surface area (Å²) in [6.07, 6.45) is 2.83. The Labute approximate surface area is 127 Å². The third-order valence-corrected chi connectivity index (χ3v) is 3.02. The van der Waals surface area contributed by atoms with Gasteiger partial charge in [-0.15, -0.1) is 0 Å². The third-order valence-electron chi connectivity index (χ3n) is 2.33. The smallest absolute Gasteiger partial charge is 0.312 e. The average Bonchev–Trinajstić information content (AvgIpc) is 2.41. The summed E-state index contributed by atoms with van der Waals surface area (Å²) in [5.74, 6) is -0.0875. The van der Waals surface area contributed by atoms with E-state index < -0.39 is 16.4 Å². The molecule has 1 heterocycles. The lowest BCUT2D eigenvalue weighted by atomic mass is 10.2. The number of aromatic nitrogens is 1. The van der Waals surface area contributed by atoms with E-state index in [4.69, 9.17) is 11.6 Å². The summed E-state index contributed by atoms with van der Waals surface area (Å²) >= 11 is 9.01. The number of phenolic OH excluding ortho intramolecular Hbond substituents is 1. The minimum Gasteiger partial charge on any atom is -0.502 e. The van der Waals surface area contributed by atoms with Crippen LogP contribution >= 0.6 is 27.5 Å². The number of rotatable bonds is 3. The van der Waals surface area contributed by atoms with Crippen LogP contribution in [0.4, 0.5) is 11.5 Å². The lowest BCUT2D eigenvalue weighted by Gasteiger charge is -2.01. The van der Waals surface area contributed by atoms with Gasteiger partial charge in [0.2, 0.25) is 5.75 Å². The normalized spacial score (nSPS) is 10.9. The van der Waals surface area contributed by atoms with Crippen molar-refractivity contribution in [2.45, 2.75) is 0 Å². The van der Waals surface area contributed by atoms with Crippen LogP contribution in [0.5, 0.6) is 5.75 Å². The highest BCUT2D eigenvalue weighted by atomic mass is 79.9. The van der Waals surface area contributed by atoms with Crippen molar-refractivity contribution >= 4 is 45.3 Å². The standard InChI is InChI=1S/C12H7BrClN3O3/c13-8-1-2-11(16-6-8)15-5-7-3-9(14)4-10(12(7)18)17(19)20/h1-6,18H. The van der Waals surface area contributed by atoms with Crippen molar-refractivity contribution in [1.29, 1.82) is 0 Å². The van der Waals surface area contributed by atoms with Gasteiger partial charge in [-0.1, -0.05) is 11.6 Å². The molecule has 1 aromatic carbocycles. The number of nitro groups is 1. The topological polar surface area (TPSA) is 88.6 Å². The monoisotopic (exact) mass is 355 g/mol. The number of nitro benzene ring substituents is 1. The number of benzene rings is 1. The van der Waals surface area contributed by atoms with Crippen LogP contribution in [-0.4, -0.2) is 21.2 Å². The first-order valence-electron chi connectivity index (χ1n) is 5.30. The predicted octanol–water partition coefficient (Wildman–Crippen LogP) is 3.86. The second-order valence-electron chi connectivity index (χ2n) is 3.71. The largest absolute Gasteiger partial charge is 0.502 e. The lowest BCUT2D eigenvalue weighted by molar-refractivity contribution is -0.385. The SMILES string of the molecule is O=[N+]([O-])c1cc(Cl)cc(C=Nc2ccc(Br)cn2)c1O. The van der Waals surface area contributed by atoms with Crippen LogP contribution in [0, 0.1) is 10.1 Å². The molecule has 102 valence electrons. The summed E-state index contributed by atoms with van der Waals surface area (Å²) in [4.78, 5) is 18.1. The quantitative estimate of drug-likeness (QED) is 0.514. The highest BCUT2D eigenvalue weighted by Gasteiger charge is 2.17. The van der Waals surface area contributed by atoms with Gasteiger partial charge >= 0.3 is 5.69 Å². The molecule has 20 heavy (non-hydrogen) atoms. The summed E-state index contributed by atoms with van der Waals surface area (Å²) in [5, 5.41) is 20.7. The van der Waals surface area contributed by atoms with Crippen molar-refractivity contribution < 1.29 is 10.0 Å². The molecule has 0 saturated carbocycles. The van der Waals surface area contributed by atoms with Crippen molar-refractivity contribution in [3.05, 3.63) is 55.6 Å². The molecule has 0 aliphatic rings. The molecule has 0 unspecified atom stereocenters. The molecule has 0 radical (unpaired) electrons. The van der Waals surface area contributed by atoms with Gasteiger partial charge in [-0.05, 0) is 34.1 Å². The number of hydrogen-bond donors (Lipinski definition) is 1. The number of aromatic hydroxyl groups is 1. The highest BCUT2D eigenvalue weighted by Crippen LogP contribution is 2.32. The average molecular weight is 357 g/mol. The zero-order chi connectivity index (χ0) is 14.7. The second-order valence-corrected chi connectivity index (χ2v) is 5.06. The molecule has 1 N–H and O–H groups in total. The first-order chi connectivity index (χ1) is 9.47. The fraction of sp³-hybridized carbons (Fsp3) is 0. The Hall–Kier alpha value is -1.99. The summed E-state index contributed by atoms with van der Waals surface area (Å²) in [7, 11) is 0. The van der Waals surface area contributed by atoms with E-state index in [-0.39, 0.29) is 10.6 Å². The maximum absolute atomic E-state index is 10.8. The van der Waals surface area contributed by atoms with Crippen molar-refractivity contribution in [3.63, 3.8) is 0 Å². The number of halogens is 2. The van der Waals surface area contributed by atoms with Gasteiger partial charge < -0.3 is 5.11 Å². The van der Waals surface area contributed by atoms with Crippen molar-refractivity contribution in [3.8, 4) is 5.75 Å². The van der Waals surface area contributed by atoms with Crippen LogP contribution in [-0.2, 0) is 0 Å². The van der Waals surface area contributed by atoms with Crippen LogP contribution in [0.25, 0.3) is 0 Å². The van der Waals surface area contributed by atoms with Gasteiger partial charge in [0.05, 0.1) is 4.92 Å². The molecule has 8 heteroatoms. The maximum Gasteiger partial charge on any atom is 0.312 e. The predicted molar refractivity (Wildman–Crippen MR) is 79.0 cm³/mol. The molecule has 0 bridgehead atoms. The first kappa shape index (κ1) is 14.4. The van der Waals surface area contributed by atoms with E-state index in [9.17, 15) is 15.2 Å². The zero-order valence-electron chi connectivity index (χ0n) is 9.83. The highest BCUT2D eigenvalue weighted by molar-refractivity contribution is 9.10. The van der Waals surface area contributed by atoms with Gasteiger partial charge in [-0.3, -0.25) is 10.1 Å². The number of nitrogens with zero attached hydrogens (tertiary/aromatic N) is 3. The van der Waals surface area contributed by atoms with Crippen LogP contribution in [0.2, 0.25) is 5.02 Å². The molecule has 0 spiro atoms. The Morgan fingerprint density at radius 3 is 2.80 bits per heavy atom. The molecule has 0 aliphatic heterocycles. The molecule has 1 aromatic heterocycles. The van der Waals surface area contributed by atoms with E-state index in [1.54, 1.807) is 18.3 Å². The van der Waals surface area contributed by atoms with E-state index in [0.717, 1.165) is 10.5 Å². The fourth-order valence-electron chi connectivity index (χ4n) is 1.42. The van der Waals surface area contributed by atoms with E-state index in [2.05, 4.69) is 25.9 Å².